The number of hydrogen-bond donors (Lipinski definition) is 1. The van der Waals surface area contributed by atoms with E-state index in [4.69, 9.17) is 4.74 Å². The molecule has 0 aliphatic rings. The monoisotopic (exact) mass is 352 g/mol. The Hall–Kier alpha value is -3.42. The van der Waals surface area contributed by atoms with E-state index in [0.717, 1.165) is 17.2 Å². The normalized spacial score (nSPS) is 11.0. The molecule has 3 aromatic heterocycles. The lowest BCUT2D eigenvalue weighted by atomic mass is 10.2. The van der Waals surface area contributed by atoms with Crippen LogP contribution in [0.4, 0.5) is 10.2 Å². The molecule has 26 heavy (non-hydrogen) atoms. The first-order chi connectivity index (χ1) is 12.7. The Morgan fingerprint density at radius 2 is 2.08 bits per heavy atom. The number of halogens is 1. The third-order valence-corrected chi connectivity index (χ3v) is 4.15. The fraction of sp³-hybridized carbons (Fsp3) is 0.167. The van der Waals surface area contributed by atoms with Crippen molar-refractivity contribution >= 4 is 11.5 Å². The molecule has 4 aromatic rings. The summed E-state index contributed by atoms with van der Waals surface area (Å²) in [5.74, 6) is 0.921. The highest BCUT2D eigenvalue weighted by Gasteiger charge is 2.13. The summed E-state index contributed by atoms with van der Waals surface area (Å²) in [5, 5.41) is 15.8. The van der Waals surface area contributed by atoms with Crippen LogP contribution in [0.5, 0.6) is 5.75 Å². The van der Waals surface area contributed by atoms with Gasteiger partial charge in [0.25, 0.3) is 0 Å². The van der Waals surface area contributed by atoms with Crippen LogP contribution in [0.3, 0.4) is 0 Å². The van der Waals surface area contributed by atoms with Crippen molar-refractivity contribution in [2.45, 2.75) is 13.5 Å². The summed E-state index contributed by atoms with van der Waals surface area (Å²) >= 11 is 0. The summed E-state index contributed by atoms with van der Waals surface area (Å²) < 4.78 is 22.9. The topological polar surface area (TPSA) is 69.3 Å². The van der Waals surface area contributed by atoms with Crippen LogP contribution in [0.15, 0.2) is 48.9 Å². The van der Waals surface area contributed by atoms with Gasteiger partial charge in [0.15, 0.2) is 5.65 Å². The van der Waals surface area contributed by atoms with Crippen LogP contribution < -0.4 is 10.1 Å². The number of pyridine rings is 1. The van der Waals surface area contributed by atoms with Gasteiger partial charge in [0, 0.05) is 18.3 Å². The number of ether oxygens (including phenoxy) is 1. The third kappa shape index (κ3) is 2.75. The predicted octanol–water partition coefficient (Wildman–Crippen LogP) is 2.98. The minimum atomic E-state index is -0.319. The lowest BCUT2D eigenvalue weighted by Gasteiger charge is -2.13. The number of rotatable bonds is 5. The van der Waals surface area contributed by atoms with Gasteiger partial charge in [-0.1, -0.05) is 6.07 Å². The number of methoxy groups -OCH3 is 1. The second-order valence-corrected chi connectivity index (χ2v) is 5.80. The van der Waals surface area contributed by atoms with E-state index in [-0.39, 0.29) is 12.4 Å². The van der Waals surface area contributed by atoms with Crippen molar-refractivity contribution in [3.05, 3.63) is 66.0 Å². The molecule has 1 aromatic carbocycles. The Balaban J connectivity index is 1.68. The van der Waals surface area contributed by atoms with Gasteiger partial charge in [-0.15, -0.1) is 10.2 Å². The van der Waals surface area contributed by atoms with Crippen LogP contribution >= 0.6 is 0 Å². The molecule has 0 saturated heterocycles. The Morgan fingerprint density at radius 3 is 2.85 bits per heavy atom. The second kappa shape index (κ2) is 6.47. The standard InChI is InChI=1S/C18H17FN6O/c1-12-8-9-25(23-12)15-6-7-17(24-11-21-22-18(15)24)20-10-13-14(19)4-3-5-16(13)26-2/h3-9,11,20H,10H2,1-2H3. The Labute approximate surface area is 149 Å². The highest BCUT2D eigenvalue weighted by Crippen LogP contribution is 2.24. The second-order valence-electron chi connectivity index (χ2n) is 5.80. The maximum atomic E-state index is 14.1. The first kappa shape index (κ1) is 16.1. The van der Waals surface area contributed by atoms with Gasteiger partial charge in [0.05, 0.1) is 12.8 Å². The van der Waals surface area contributed by atoms with Crippen LogP contribution in [0.2, 0.25) is 0 Å². The van der Waals surface area contributed by atoms with Gasteiger partial charge in [0.1, 0.15) is 29.4 Å². The number of anilines is 1. The molecule has 0 bridgehead atoms. The van der Waals surface area contributed by atoms with E-state index in [0.29, 0.717) is 17.0 Å². The van der Waals surface area contributed by atoms with E-state index in [2.05, 4.69) is 20.6 Å². The van der Waals surface area contributed by atoms with Gasteiger partial charge in [-0.2, -0.15) is 5.10 Å². The molecule has 0 aliphatic carbocycles. The minimum Gasteiger partial charge on any atom is -0.496 e. The lowest BCUT2D eigenvalue weighted by molar-refractivity contribution is 0.405. The summed E-state index contributed by atoms with van der Waals surface area (Å²) in [6.45, 7) is 2.19. The molecule has 0 atom stereocenters. The molecule has 0 unspecified atom stereocenters. The van der Waals surface area contributed by atoms with Crippen molar-refractivity contribution in [1.82, 2.24) is 24.4 Å². The molecule has 4 rings (SSSR count). The molecule has 8 heteroatoms. The molecule has 0 fully saturated rings. The maximum absolute atomic E-state index is 14.1. The van der Waals surface area contributed by atoms with Gasteiger partial charge >= 0.3 is 0 Å². The number of fused-ring (bicyclic) bond motifs is 1. The smallest absolute Gasteiger partial charge is 0.188 e. The quantitative estimate of drug-likeness (QED) is 0.598. The van der Waals surface area contributed by atoms with Crippen molar-refractivity contribution in [3.63, 3.8) is 0 Å². The highest BCUT2D eigenvalue weighted by atomic mass is 19.1. The zero-order valence-corrected chi connectivity index (χ0v) is 14.3. The fourth-order valence-electron chi connectivity index (χ4n) is 2.85. The first-order valence-electron chi connectivity index (χ1n) is 8.08. The van der Waals surface area contributed by atoms with Crippen LogP contribution in [-0.2, 0) is 6.54 Å². The summed E-state index contributed by atoms with van der Waals surface area (Å²) in [4.78, 5) is 0. The maximum Gasteiger partial charge on any atom is 0.188 e. The molecular formula is C18H17FN6O. The molecule has 0 spiro atoms. The van der Waals surface area contributed by atoms with E-state index in [1.54, 1.807) is 27.5 Å². The van der Waals surface area contributed by atoms with E-state index in [1.807, 2.05) is 31.3 Å². The third-order valence-electron chi connectivity index (χ3n) is 4.15. The van der Waals surface area contributed by atoms with Gasteiger partial charge in [-0.3, -0.25) is 4.40 Å². The summed E-state index contributed by atoms with van der Waals surface area (Å²) in [5.41, 5.74) is 2.84. The zero-order chi connectivity index (χ0) is 18.1. The Kier molecular flexibility index (Phi) is 4.00. The number of hydrogen-bond acceptors (Lipinski definition) is 5. The van der Waals surface area contributed by atoms with Crippen molar-refractivity contribution in [2.75, 3.05) is 12.4 Å². The van der Waals surface area contributed by atoms with Crippen molar-refractivity contribution in [2.24, 2.45) is 0 Å². The summed E-state index contributed by atoms with van der Waals surface area (Å²) in [6, 6.07) is 10.5. The van der Waals surface area contributed by atoms with Crippen molar-refractivity contribution in [3.8, 4) is 11.4 Å². The predicted molar refractivity (Wildman–Crippen MR) is 95.1 cm³/mol. The van der Waals surface area contributed by atoms with E-state index in [1.165, 1.54) is 13.2 Å². The molecular weight excluding hydrogens is 335 g/mol. The average molecular weight is 352 g/mol. The zero-order valence-electron chi connectivity index (χ0n) is 14.3. The fourth-order valence-corrected chi connectivity index (χ4v) is 2.85. The van der Waals surface area contributed by atoms with Crippen LogP contribution in [-0.4, -0.2) is 31.5 Å². The molecule has 3 heterocycles. The minimum absolute atomic E-state index is 0.267. The SMILES string of the molecule is COc1cccc(F)c1CNc1ccc(-n2ccc(C)n2)c2nncn12. The van der Waals surface area contributed by atoms with Gasteiger partial charge < -0.3 is 10.1 Å². The van der Waals surface area contributed by atoms with Crippen molar-refractivity contribution in [1.29, 1.82) is 0 Å². The van der Waals surface area contributed by atoms with E-state index >= 15 is 0 Å². The number of nitrogens with zero attached hydrogens (tertiary/aromatic N) is 5. The molecule has 132 valence electrons. The number of aryl methyl sites for hydroxylation is 1. The number of aromatic nitrogens is 5. The molecule has 7 nitrogen and oxygen atoms in total. The van der Waals surface area contributed by atoms with Crippen LogP contribution in [0.1, 0.15) is 11.3 Å². The average Bonchev–Trinajstić information content (AvgIpc) is 3.29. The summed E-state index contributed by atoms with van der Waals surface area (Å²) in [7, 11) is 1.52. The Bertz CT molecular complexity index is 1070. The largest absolute Gasteiger partial charge is 0.496 e. The highest BCUT2D eigenvalue weighted by molar-refractivity contribution is 5.63. The van der Waals surface area contributed by atoms with Crippen LogP contribution in [0, 0.1) is 12.7 Å². The molecule has 0 saturated carbocycles. The van der Waals surface area contributed by atoms with E-state index in [9.17, 15) is 4.39 Å². The summed E-state index contributed by atoms with van der Waals surface area (Å²) in [6.07, 6.45) is 3.48. The van der Waals surface area contributed by atoms with E-state index < -0.39 is 0 Å². The number of benzene rings is 1. The van der Waals surface area contributed by atoms with Gasteiger partial charge in [0.2, 0.25) is 0 Å². The first-order valence-corrected chi connectivity index (χ1v) is 8.08. The number of nitrogens with one attached hydrogen (secondary N) is 1. The van der Waals surface area contributed by atoms with Gasteiger partial charge in [-0.25, -0.2) is 9.07 Å². The molecule has 0 aliphatic heterocycles. The van der Waals surface area contributed by atoms with Gasteiger partial charge in [-0.05, 0) is 37.3 Å². The lowest BCUT2D eigenvalue weighted by Crippen LogP contribution is -2.08. The molecule has 0 amide bonds. The molecule has 0 radical (unpaired) electrons. The Morgan fingerprint density at radius 1 is 1.19 bits per heavy atom. The van der Waals surface area contributed by atoms with Crippen LogP contribution in [0.25, 0.3) is 11.3 Å². The van der Waals surface area contributed by atoms with Crippen molar-refractivity contribution < 1.29 is 9.13 Å². The molecule has 1 N–H and O–H groups in total.